The number of thiazole rings is 1. The average molecular weight is 303 g/mol. The first-order chi connectivity index (χ1) is 9.99. The highest BCUT2D eigenvalue weighted by molar-refractivity contribution is 7.13. The van der Waals surface area contributed by atoms with Crippen LogP contribution in [0, 0.1) is 6.92 Å². The van der Waals surface area contributed by atoms with Gasteiger partial charge >= 0.3 is 0 Å². The van der Waals surface area contributed by atoms with Gasteiger partial charge in [0.1, 0.15) is 4.88 Å². The quantitative estimate of drug-likeness (QED) is 0.911. The van der Waals surface area contributed by atoms with Crippen LogP contribution in [0.1, 0.15) is 34.1 Å². The number of carbonyl (C=O) groups excluding carboxylic acids is 2. The van der Waals surface area contributed by atoms with Crippen LogP contribution in [0.25, 0.3) is 0 Å². The molecular weight excluding hydrogens is 286 g/mol. The molecule has 2 N–H and O–H groups in total. The van der Waals surface area contributed by atoms with Crippen LogP contribution >= 0.6 is 11.3 Å². The molecule has 0 fully saturated rings. The number of aromatic nitrogens is 1. The van der Waals surface area contributed by atoms with Crippen molar-refractivity contribution in [1.82, 2.24) is 4.98 Å². The number of carbonyl (C=O) groups is 2. The molecule has 1 aromatic carbocycles. The molecule has 2 aromatic rings. The van der Waals surface area contributed by atoms with Gasteiger partial charge in [0.2, 0.25) is 5.91 Å². The predicted octanol–water partition coefficient (Wildman–Crippen LogP) is 3.22. The standard InChI is InChI=1S/C15H17N3O2S/c1-4-14-16-8-13(21-14)15(20)18-12-7-11(17-10(3)19)6-5-9(12)2/h5-8H,4H2,1-3H3,(H,17,19)(H,18,20). The smallest absolute Gasteiger partial charge is 0.267 e. The molecule has 0 saturated carbocycles. The first kappa shape index (κ1) is 15.2. The minimum absolute atomic E-state index is 0.147. The van der Waals surface area contributed by atoms with Gasteiger partial charge < -0.3 is 10.6 Å². The molecule has 0 radical (unpaired) electrons. The van der Waals surface area contributed by atoms with Crippen molar-refractivity contribution in [1.29, 1.82) is 0 Å². The maximum atomic E-state index is 12.2. The van der Waals surface area contributed by atoms with Gasteiger partial charge in [0.05, 0.1) is 11.2 Å². The maximum absolute atomic E-state index is 12.2. The molecule has 0 aliphatic rings. The van der Waals surface area contributed by atoms with E-state index in [0.29, 0.717) is 16.3 Å². The highest BCUT2D eigenvalue weighted by Crippen LogP contribution is 2.22. The Balaban J connectivity index is 2.17. The van der Waals surface area contributed by atoms with E-state index in [9.17, 15) is 9.59 Å². The van der Waals surface area contributed by atoms with E-state index in [1.807, 2.05) is 19.9 Å². The monoisotopic (exact) mass is 303 g/mol. The summed E-state index contributed by atoms with van der Waals surface area (Å²) < 4.78 is 0. The van der Waals surface area contributed by atoms with Gasteiger partial charge in [-0.3, -0.25) is 9.59 Å². The number of amides is 2. The van der Waals surface area contributed by atoms with E-state index in [2.05, 4.69) is 15.6 Å². The second-order valence-corrected chi connectivity index (χ2v) is 5.75. The number of anilines is 2. The highest BCUT2D eigenvalue weighted by Gasteiger charge is 2.12. The molecule has 21 heavy (non-hydrogen) atoms. The fourth-order valence-corrected chi connectivity index (χ4v) is 2.55. The minimum atomic E-state index is -0.185. The summed E-state index contributed by atoms with van der Waals surface area (Å²) in [5, 5.41) is 6.49. The van der Waals surface area contributed by atoms with Crippen molar-refractivity contribution in [3.8, 4) is 0 Å². The SMILES string of the molecule is CCc1ncc(C(=O)Nc2cc(NC(C)=O)ccc2C)s1. The number of hydrogen-bond donors (Lipinski definition) is 2. The molecule has 0 atom stereocenters. The first-order valence-corrected chi connectivity index (χ1v) is 7.45. The van der Waals surface area contributed by atoms with Gasteiger partial charge in [0, 0.05) is 18.3 Å². The zero-order valence-electron chi connectivity index (χ0n) is 12.2. The van der Waals surface area contributed by atoms with Gasteiger partial charge in [-0.15, -0.1) is 11.3 Å². The van der Waals surface area contributed by atoms with Gasteiger partial charge in [-0.2, -0.15) is 0 Å². The normalized spacial score (nSPS) is 10.2. The van der Waals surface area contributed by atoms with Gasteiger partial charge in [0.15, 0.2) is 0 Å². The number of aryl methyl sites for hydroxylation is 2. The van der Waals surface area contributed by atoms with Crippen LogP contribution < -0.4 is 10.6 Å². The molecule has 1 aromatic heterocycles. The second-order valence-electron chi connectivity index (χ2n) is 4.64. The Bertz CT molecular complexity index is 679. The van der Waals surface area contributed by atoms with Gasteiger partial charge in [-0.05, 0) is 31.0 Å². The van der Waals surface area contributed by atoms with Crippen LogP contribution in [0.4, 0.5) is 11.4 Å². The highest BCUT2D eigenvalue weighted by atomic mass is 32.1. The number of benzene rings is 1. The molecule has 0 saturated heterocycles. The van der Waals surface area contributed by atoms with Gasteiger partial charge in [0.25, 0.3) is 5.91 Å². The predicted molar refractivity (Wildman–Crippen MR) is 84.9 cm³/mol. The lowest BCUT2D eigenvalue weighted by atomic mass is 10.1. The Labute approximate surface area is 127 Å². The molecular formula is C15H17N3O2S. The number of hydrogen-bond acceptors (Lipinski definition) is 4. The third-order valence-corrected chi connectivity index (χ3v) is 4.03. The van der Waals surface area contributed by atoms with Crippen molar-refractivity contribution >= 4 is 34.5 Å². The van der Waals surface area contributed by atoms with Gasteiger partial charge in [-0.1, -0.05) is 13.0 Å². The van der Waals surface area contributed by atoms with E-state index in [-0.39, 0.29) is 11.8 Å². The van der Waals surface area contributed by atoms with E-state index < -0.39 is 0 Å². The molecule has 0 aliphatic carbocycles. The van der Waals surface area contributed by atoms with E-state index in [1.54, 1.807) is 18.3 Å². The molecule has 6 heteroatoms. The van der Waals surface area contributed by atoms with Crippen LogP contribution in [0.3, 0.4) is 0 Å². The lowest BCUT2D eigenvalue weighted by Gasteiger charge is -2.10. The molecule has 0 unspecified atom stereocenters. The summed E-state index contributed by atoms with van der Waals surface area (Å²) in [6.07, 6.45) is 2.40. The van der Waals surface area contributed by atoms with Crippen LogP contribution in [-0.2, 0) is 11.2 Å². The third-order valence-electron chi connectivity index (χ3n) is 2.89. The van der Waals surface area contributed by atoms with Crippen molar-refractivity contribution in [2.24, 2.45) is 0 Å². The Kier molecular flexibility index (Phi) is 4.70. The van der Waals surface area contributed by atoms with Crippen molar-refractivity contribution in [3.63, 3.8) is 0 Å². The van der Waals surface area contributed by atoms with E-state index in [4.69, 9.17) is 0 Å². The van der Waals surface area contributed by atoms with Crippen molar-refractivity contribution in [3.05, 3.63) is 39.8 Å². The summed E-state index contributed by atoms with van der Waals surface area (Å²) in [4.78, 5) is 28.0. The largest absolute Gasteiger partial charge is 0.326 e. The molecule has 1 heterocycles. The van der Waals surface area contributed by atoms with Crippen LogP contribution in [0.5, 0.6) is 0 Å². The lowest BCUT2D eigenvalue weighted by molar-refractivity contribution is -0.114. The van der Waals surface area contributed by atoms with Crippen LogP contribution in [0.15, 0.2) is 24.4 Å². The minimum Gasteiger partial charge on any atom is -0.326 e. The second kappa shape index (κ2) is 6.49. The topological polar surface area (TPSA) is 71.1 Å². The summed E-state index contributed by atoms with van der Waals surface area (Å²) >= 11 is 1.39. The van der Waals surface area contributed by atoms with Gasteiger partial charge in [-0.25, -0.2) is 4.98 Å². The van der Waals surface area contributed by atoms with Crippen LogP contribution in [0.2, 0.25) is 0 Å². The molecule has 2 amide bonds. The molecule has 0 aliphatic heterocycles. The molecule has 2 rings (SSSR count). The van der Waals surface area contributed by atoms with E-state index >= 15 is 0 Å². The summed E-state index contributed by atoms with van der Waals surface area (Å²) in [6, 6.07) is 5.40. The Hall–Kier alpha value is -2.21. The van der Waals surface area contributed by atoms with Crippen molar-refractivity contribution in [2.45, 2.75) is 27.2 Å². The Morgan fingerprint density at radius 3 is 2.67 bits per heavy atom. The summed E-state index contributed by atoms with van der Waals surface area (Å²) in [5.41, 5.74) is 2.26. The molecule has 110 valence electrons. The summed E-state index contributed by atoms with van der Waals surface area (Å²) in [6.45, 7) is 5.35. The third kappa shape index (κ3) is 3.88. The summed E-state index contributed by atoms with van der Waals surface area (Å²) in [7, 11) is 0. The average Bonchev–Trinajstić information content (AvgIpc) is 2.91. The van der Waals surface area contributed by atoms with E-state index in [1.165, 1.54) is 18.3 Å². The Morgan fingerprint density at radius 1 is 1.29 bits per heavy atom. The first-order valence-electron chi connectivity index (χ1n) is 6.64. The van der Waals surface area contributed by atoms with Crippen LogP contribution in [-0.4, -0.2) is 16.8 Å². The summed E-state index contributed by atoms with van der Waals surface area (Å²) in [5.74, 6) is -0.332. The Morgan fingerprint density at radius 2 is 2.05 bits per heavy atom. The van der Waals surface area contributed by atoms with E-state index in [0.717, 1.165) is 17.0 Å². The number of rotatable bonds is 4. The number of nitrogens with one attached hydrogen (secondary N) is 2. The molecule has 5 nitrogen and oxygen atoms in total. The maximum Gasteiger partial charge on any atom is 0.267 e. The molecule has 0 spiro atoms. The number of nitrogens with zero attached hydrogens (tertiary/aromatic N) is 1. The van der Waals surface area contributed by atoms with Crippen molar-refractivity contribution < 1.29 is 9.59 Å². The zero-order valence-corrected chi connectivity index (χ0v) is 13.0. The lowest BCUT2D eigenvalue weighted by Crippen LogP contribution is -2.12. The fourth-order valence-electron chi connectivity index (χ4n) is 1.80. The molecule has 0 bridgehead atoms. The van der Waals surface area contributed by atoms with Crippen molar-refractivity contribution in [2.75, 3.05) is 10.6 Å². The fraction of sp³-hybridized carbons (Fsp3) is 0.267. The zero-order chi connectivity index (χ0) is 15.4.